The van der Waals surface area contributed by atoms with Gasteiger partial charge in [-0.1, -0.05) is 12.1 Å². The standard InChI is InChI=1S/C18H19F2NO2S/c19-15-3-6-17(18(20)11-15)14-1-4-16(5-2-14)24(22,23)12-13-7-9-21-10-8-13/h1-6,11,13,21H,7-10,12H2. The van der Waals surface area contributed by atoms with Crippen LogP contribution in [0, 0.1) is 17.6 Å². The SMILES string of the molecule is O=S(=O)(CC1CCNCC1)c1ccc(-c2ccc(F)cc2F)cc1. The first-order chi connectivity index (χ1) is 11.5. The van der Waals surface area contributed by atoms with Crippen LogP contribution in [-0.4, -0.2) is 27.3 Å². The molecule has 0 radical (unpaired) electrons. The third kappa shape index (κ3) is 3.82. The molecule has 0 atom stereocenters. The number of rotatable bonds is 4. The van der Waals surface area contributed by atoms with Gasteiger partial charge in [0.1, 0.15) is 11.6 Å². The quantitative estimate of drug-likeness (QED) is 0.918. The summed E-state index contributed by atoms with van der Waals surface area (Å²) in [5, 5.41) is 3.22. The van der Waals surface area contributed by atoms with Gasteiger partial charge in [0.15, 0.2) is 9.84 Å². The maximum atomic E-state index is 13.8. The van der Waals surface area contributed by atoms with Gasteiger partial charge in [0, 0.05) is 11.6 Å². The van der Waals surface area contributed by atoms with Crippen LogP contribution in [0.4, 0.5) is 8.78 Å². The zero-order valence-electron chi connectivity index (χ0n) is 13.1. The van der Waals surface area contributed by atoms with Crippen LogP contribution in [0.5, 0.6) is 0 Å². The van der Waals surface area contributed by atoms with E-state index >= 15 is 0 Å². The van der Waals surface area contributed by atoms with E-state index in [9.17, 15) is 17.2 Å². The molecule has 1 fully saturated rings. The van der Waals surface area contributed by atoms with Crippen molar-refractivity contribution in [3.63, 3.8) is 0 Å². The van der Waals surface area contributed by atoms with Crippen molar-refractivity contribution in [1.29, 1.82) is 0 Å². The number of benzene rings is 2. The average Bonchev–Trinajstić information content (AvgIpc) is 2.55. The molecular formula is C18H19F2NO2S. The molecular weight excluding hydrogens is 332 g/mol. The van der Waals surface area contributed by atoms with E-state index in [1.165, 1.54) is 24.3 Å². The van der Waals surface area contributed by atoms with Gasteiger partial charge in [-0.2, -0.15) is 0 Å². The zero-order valence-corrected chi connectivity index (χ0v) is 14.0. The van der Waals surface area contributed by atoms with Crippen LogP contribution in [0.15, 0.2) is 47.4 Å². The first-order valence-corrected chi connectivity index (χ1v) is 9.60. The Balaban J connectivity index is 1.80. The Bertz CT molecular complexity index is 813. The minimum atomic E-state index is -3.36. The molecule has 2 aromatic rings. The molecule has 0 amide bonds. The highest BCUT2D eigenvalue weighted by Gasteiger charge is 2.23. The van der Waals surface area contributed by atoms with Crippen molar-refractivity contribution in [2.75, 3.05) is 18.8 Å². The van der Waals surface area contributed by atoms with Crippen LogP contribution in [0.2, 0.25) is 0 Å². The maximum Gasteiger partial charge on any atom is 0.178 e. The smallest absolute Gasteiger partial charge is 0.178 e. The Kier molecular flexibility index (Phi) is 4.96. The molecule has 24 heavy (non-hydrogen) atoms. The molecule has 0 bridgehead atoms. The molecule has 1 aliphatic rings. The van der Waals surface area contributed by atoms with E-state index in [1.54, 1.807) is 12.1 Å². The monoisotopic (exact) mass is 351 g/mol. The lowest BCUT2D eigenvalue weighted by atomic mass is 10.0. The van der Waals surface area contributed by atoms with E-state index < -0.39 is 21.5 Å². The first kappa shape index (κ1) is 17.0. The Morgan fingerprint density at radius 2 is 1.67 bits per heavy atom. The van der Waals surface area contributed by atoms with Crippen molar-refractivity contribution in [2.45, 2.75) is 17.7 Å². The number of piperidine rings is 1. The Labute approximate surface area is 140 Å². The molecule has 0 spiro atoms. The van der Waals surface area contributed by atoms with Crippen molar-refractivity contribution >= 4 is 9.84 Å². The van der Waals surface area contributed by atoms with Gasteiger partial charge < -0.3 is 5.32 Å². The molecule has 1 saturated heterocycles. The lowest BCUT2D eigenvalue weighted by Crippen LogP contribution is -2.31. The predicted octanol–water partition coefficient (Wildman–Crippen LogP) is 3.41. The third-order valence-corrected chi connectivity index (χ3v) is 6.27. The highest BCUT2D eigenvalue weighted by Crippen LogP contribution is 2.26. The highest BCUT2D eigenvalue weighted by atomic mass is 32.2. The number of hydrogen-bond donors (Lipinski definition) is 1. The van der Waals surface area contributed by atoms with Crippen LogP contribution in [-0.2, 0) is 9.84 Å². The van der Waals surface area contributed by atoms with Gasteiger partial charge in [-0.15, -0.1) is 0 Å². The fourth-order valence-corrected chi connectivity index (χ4v) is 4.72. The van der Waals surface area contributed by atoms with E-state index in [0.29, 0.717) is 5.56 Å². The molecule has 1 aliphatic heterocycles. The van der Waals surface area contributed by atoms with Crippen molar-refractivity contribution in [2.24, 2.45) is 5.92 Å². The molecule has 128 valence electrons. The number of hydrogen-bond acceptors (Lipinski definition) is 3. The van der Waals surface area contributed by atoms with E-state index in [1.807, 2.05) is 0 Å². The first-order valence-electron chi connectivity index (χ1n) is 7.95. The molecule has 3 nitrogen and oxygen atoms in total. The minimum absolute atomic E-state index is 0.138. The van der Waals surface area contributed by atoms with Crippen LogP contribution in [0.25, 0.3) is 11.1 Å². The fourth-order valence-electron chi connectivity index (χ4n) is 3.02. The highest BCUT2D eigenvalue weighted by molar-refractivity contribution is 7.91. The normalized spacial score (nSPS) is 16.2. The lowest BCUT2D eigenvalue weighted by molar-refractivity contribution is 0.401. The third-order valence-electron chi connectivity index (χ3n) is 4.37. The van der Waals surface area contributed by atoms with Gasteiger partial charge in [-0.25, -0.2) is 17.2 Å². The van der Waals surface area contributed by atoms with Crippen LogP contribution >= 0.6 is 0 Å². The van der Waals surface area contributed by atoms with Gasteiger partial charge in [0.2, 0.25) is 0 Å². The van der Waals surface area contributed by atoms with Crippen molar-refractivity contribution in [1.82, 2.24) is 5.32 Å². The van der Waals surface area contributed by atoms with Crippen LogP contribution in [0.3, 0.4) is 0 Å². The molecule has 6 heteroatoms. The zero-order chi connectivity index (χ0) is 17.2. The molecule has 0 aliphatic carbocycles. The second-order valence-electron chi connectivity index (χ2n) is 6.12. The predicted molar refractivity (Wildman–Crippen MR) is 89.4 cm³/mol. The number of nitrogens with one attached hydrogen (secondary N) is 1. The van der Waals surface area contributed by atoms with E-state index in [0.717, 1.165) is 32.0 Å². The minimum Gasteiger partial charge on any atom is -0.317 e. The summed E-state index contributed by atoms with van der Waals surface area (Å²) in [6.07, 6.45) is 1.72. The number of halogens is 2. The molecule has 2 aromatic carbocycles. The fraction of sp³-hybridized carbons (Fsp3) is 0.333. The van der Waals surface area contributed by atoms with Crippen molar-refractivity contribution in [3.05, 3.63) is 54.1 Å². The number of sulfone groups is 1. The summed E-state index contributed by atoms with van der Waals surface area (Å²) < 4.78 is 51.8. The summed E-state index contributed by atoms with van der Waals surface area (Å²) in [5.74, 6) is -0.998. The van der Waals surface area contributed by atoms with Gasteiger partial charge >= 0.3 is 0 Å². The van der Waals surface area contributed by atoms with E-state index in [2.05, 4.69) is 5.32 Å². The topological polar surface area (TPSA) is 46.2 Å². The van der Waals surface area contributed by atoms with E-state index in [-0.39, 0.29) is 22.1 Å². The molecule has 1 N–H and O–H groups in total. The van der Waals surface area contributed by atoms with Crippen molar-refractivity contribution in [3.8, 4) is 11.1 Å². The average molecular weight is 351 g/mol. The summed E-state index contributed by atoms with van der Waals surface area (Å²) >= 11 is 0. The second kappa shape index (κ2) is 6.99. The molecule has 0 unspecified atom stereocenters. The van der Waals surface area contributed by atoms with Crippen LogP contribution < -0.4 is 5.32 Å². The van der Waals surface area contributed by atoms with Crippen molar-refractivity contribution < 1.29 is 17.2 Å². The van der Waals surface area contributed by atoms with Gasteiger partial charge in [0.25, 0.3) is 0 Å². The summed E-state index contributed by atoms with van der Waals surface area (Å²) in [6.45, 7) is 1.70. The summed E-state index contributed by atoms with van der Waals surface area (Å²) in [7, 11) is -3.36. The molecule has 3 rings (SSSR count). The Morgan fingerprint density at radius 3 is 2.29 bits per heavy atom. The Hall–Kier alpha value is -1.79. The van der Waals surface area contributed by atoms with Gasteiger partial charge in [-0.05, 0) is 61.7 Å². The Morgan fingerprint density at radius 1 is 1.00 bits per heavy atom. The molecule has 0 aromatic heterocycles. The van der Waals surface area contributed by atoms with Gasteiger partial charge in [-0.3, -0.25) is 0 Å². The summed E-state index contributed by atoms with van der Waals surface area (Å²) in [5.41, 5.74) is 0.770. The largest absolute Gasteiger partial charge is 0.317 e. The summed E-state index contributed by atoms with van der Waals surface area (Å²) in [4.78, 5) is 0.243. The second-order valence-corrected chi connectivity index (χ2v) is 8.16. The summed E-state index contributed by atoms with van der Waals surface area (Å²) in [6, 6.07) is 9.46. The molecule has 1 heterocycles. The van der Waals surface area contributed by atoms with E-state index in [4.69, 9.17) is 0 Å². The lowest BCUT2D eigenvalue weighted by Gasteiger charge is -2.22. The maximum absolute atomic E-state index is 13.8. The molecule has 0 saturated carbocycles. The van der Waals surface area contributed by atoms with Gasteiger partial charge in [0.05, 0.1) is 10.6 Å². The van der Waals surface area contributed by atoms with Crippen LogP contribution in [0.1, 0.15) is 12.8 Å².